The molecule has 7 aromatic carbocycles. The fourth-order valence-electron chi connectivity index (χ4n) is 8.10. The average molecular weight is 624 g/mol. The van der Waals surface area contributed by atoms with Gasteiger partial charge in [0.15, 0.2) is 7.28 Å². The molecule has 0 atom stereocenters. The molecule has 4 heterocycles. The maximum atomic E-state index is 6.89. The first kappa shape index (κ1) is 26.5. The number of fused-ring (bicyclic) bond motifs is 10. The van der Waals surface area contributed by atoms with Crippen molar-refractivity contribution in [1.29, 1.82) is 0 Å². The van der Waals surface area contributed by atoms with E-state index in [2.05, 4.69) is 161 Å². The van der Waals surface area contributed by atoms with Crippen LogP contribution in [0, 0.1) is 0 Å². The van der Waals surface area contributed by atoms with Gasteiger partial charge < -0.3 is 14.0 Å². The molecule has 0 saturated carbocycles. The first-order valence-corrected chi connectivity index (χ1v) is 17.1. The van der Waals surface area contributed by atoms with E-state index >= 15 is 0 Å². The summed E-state index contributed by atoms with van der Waals surface area (Å²) in [5.41, 5.74) is 13.5. The molecule has 0 unspecified atom stereocenters. The van der Waals surface area contributed by atoms with Crippen molar-refractivity contribution in [2.45, 2.75) is 9.79 Å². The van der Waals surface area contributed by atoms with Gasteiger partial charge in [-0.05, 0) is 54.0 Å². The number of hydrogen-bond acceptors (Lipinski definition) is 2. The molecule has 11 rings (SSSR count). The van der Waals surface area contributed by atoms with E-state index in [0.29, 0.717) is 0 Å². The van der Waals surface area contributed by atoms with Crippen LogP contribution in [0.4, 0.5) is 17.1 Å². The van der Waals surface area contributed by atoms with Gasteiger partial charge in [-0.1, -0.05) is 120 Å². The summed E-state index contributed by atoms with van der Waals surface area (Å²) in [6.07, 6.45) is 0. The molecule has 9 aromatic rings. The van der Waals surface area contributed by atoms with Gasteiger partial charge in [-0.2, -0.15) is 0 Å². The average Bonchev–Trinajstić information content (AvgIpc) is 3.66. The van der Waals surface area contributed by atoms with Crippen LogP contribution in [0.5, 0.6) is 0 Å². The second-order valence-corrected chi connectivity index (χ2v) is 13.7. The summed E-state index contributed by atoms with van der Waals surface area (Å²) >= 11 is 1.83. The minimum atomic E-state index is 0.762. The standard InChI is InChI=1S/C42H24B2N3S/c43-30-15-9-13-28-26-11-1-3-17-32(26)46(41(28)30)36-23-25(45-34-19-5-7-21-38(34)48-39-22-8-6-20-35(39)45)24-37-40(36)44-31-16-10-14-29-27-12-2-4-18-33(27)47(37)42(29)31/h1-24H. The predicted molar refractivity (Wildman–Crippen MR) is 204 cm³/mol. The molecular weight excluding hydrogens is 600 g/mol. The minimum absolute atomic E-state index is 0.762. The van der Waals surface area contributed by atoms with Crippen molar-refractivity contribution in [1.82, 2.24) is 9.13 Å². The van der Waals surface area contributed by atoms with Gasteiger partial charge in [0.25, 0.3) is 0 Å². The van der Waals surface area contributed by atoms with Crippen molar-refractivity contribution in [3.63, 3.8) is 0 Å². The maximum absolute atomic E-state index is 6.89. The van der Waals surface area contributed by atoms with E-state index in [1.165, 1.54) is 59.3 Å². The second kappa shape index (κ2) is 9.72. The van der Waals surface area contributed by atoms with Gasteiger partial charge in [0, 0.05) is 53.7 Å². The topological polar surface area (TPSA) is 13.1 Å². The Morgan fingerprint density at radius 1 is 0.479 bits per heavy atom. The molecule has 219 valence electrons. The van der Waals surface area contributed by atoms with Gasteiger partial charge >= 0.3 is 0 Å². The molecule has 0 spiro atoms. The third kappa shape index (κ3) is 3.48. The van der Waals surface area contributed by atoms with Gasteiger partial charge in [0.2, 0.25) is 0 Å². The SMILES string of the molecule is [B]c1cccc2c3ccccc3n(-c3cc(N4c5ccccc5Sc5ccccc54)cc4c3[B]c3cccc5c6ccccc6n-4c35)c12. The molecule has 3 radical (unpaired) electrons. The van der Waals surface area contributed by atoms with Gasteiger partial charge in [0.1, 0.15) is 7.85 Å². The highest BCUT2D eigenvalue weighted by atomic mass is 32.2. The maximum Gasteiger partial charge on any atom is 0.199 e. The van der Waals surface area contributed by atoms with E-state index in [1.807, 2.05) is 17.8 Å². The molecule has 2 aromatic heterocycles. The zero-order chi connectivity index (χ0) is 31.5. The van der Waals surface area contributed by atoms with E-state index in [4.69, 9.17) is 7.85 Å². The van der Waals surface area contributed by atoms with E-state index in [-0.39, 0.29) is 0 Å². The van der Waals surface area contributed by atoms with Crippen LogP contribution in [0.25, 0.3) is 55.0 Å². The monoisotopic (exact) mass is 624 g/mol. The highest BCUT2D eigenvalue weighted by molar-refractivity contribution is 7.99. The third-order valence-corrected chi connectivity index (χ3v) is 11.2. The molecule has 0 N–H and O–H groups in total. The van der Waals surface area contributed by atoms with Crippen LogP contribution in [-0.4, -0.2) is 24.3 Å². The summed E-state index contributed by atoms with van der Waals surface area (Å²) in [7, 11) is 9.27. The van der Waals surface area contributed by atoms with Gasteiger partial charge in [-0.3, -0.25) is 0 Å². The largest absolute Gasteiger partial charge is 0.310 e. The zero-order valence-electron chi connectivity index (χ0n) is 25.8. The molecule has 3 nitrogen and oxygen atoms in total. The lowest BCUT2D eigenvalue weighted by Gasteiger charge is -2.34. The predicted octanol–water partition coefficient (Wildman–Crippen LogP) is 8.58. The van der Waals surface area contributed by atoms with Gasteiger partial charge in [-0.25, -0.2) is 0 Å². The number of hydrogen-bond donors (Lipinski definition) is 0. The van der Waals surface area contributed by atoms with Crippen LogP contribution in [0.15, 0.2) is 155 Å². The van der Waals surface area contributed by atoms with E-state index in [9.17, 15) is 0 Å². The highest BCUT2D eigenvalue weighted by Crippen LogP contribution is 2.52. The van der Waals surface area contributed by atoms with Crippen molar-refractivity contribution in [2.24, 2.45) is 0 Å². The Morgan fingerprint density at radius 3 is 1.67 bits per heavy atom. The summed E-state index contributed by atoms with van der Waals surface area (Å²) in [6.45, 7) is 0. The van der Waals surface area contributed by atoms with Crippen LogP contribution >= 0.6 is 11.8 Å². The highest BCUT2D eigenvalue weighted by Gasteiger charge is 2.31. The number of rotatable bonds is 2. The number of anilines is 3. The summed E-state index contributed by atoms with van der Waals surface area (Å²) in [5.74, 6) is 0. The summed E-state index contributed by atoms with van der Waals surface area (Å²) < 4.78 is 4.88. The van der Waals surface area contributed by atoms with Gasteiger partial charge in [-0.15, -0.1) is 0 Å². The Kier molecular flexibility index (Phi) is 5.37. The molecule has 2 aliphatic heterocycles. The Labute approximate surface area is 283 Å². The molecule has 0 amide bonds. The quantitative estimate of drug-likeness (QED) is 0.179. The van der Waals surface area contributed by atoms with Crippen molar-refractivity contribution in [3.05, 3.63) is 146 Å². The smallest absolute Gasteiger partial charge is 0.199 e. The normalized spacial score (nSPS) is 13.1. The molecule has 0 saturated heterocycles. The lowest BCUT2D eigenvalue weighted by Crippen LogP contribution is -2.39. The van der Waals surface area contributed by atoms with Crippen LogP contribution in [0.1, 0.15) is 0 Å². The second-order valence-electron chi connectivity index (χ2n) is 12.6. The van der Waals surface area contributed by atoms with Gasteiger partial charge in [0.05, 0.1) is 28.1 Å². The Balaban J connectivity index is 1.33. The number of nitrogens with zero attached hydrogens (tertiary/aromatic N) is 3. The molecular formula is C42H24B2N3S. The van der Waals surface area contributed by atoms with E-state index in [0.717, 1.165) is 38.9 Å². The number of para-hydroxylation sites is 6. The van der Waals surface area contributed by atoms with Crippen molar-refractivity contribution < 1.29 is 0 Å². The Morgan fingerprint density at radius 2 is 1.00 bits per heavy atom. The molecule has 2 aliphatic rings. The van der Waals surface area contributed by atoms with E-state index in [1.54, 1.807) is 0 Å². The number of aromatic nitrogens is 2. The molecule has 48 heavy (non-hydrogen) atoms. The Hall–Kier alpha value is -5.58. The van der Waals surface area contributed by atoms with Crippen molar-refractivity contribution >= 4 is 104 Å². The van der Waals surface area contributed by atoms with Crippen LogP contribution < -0.4 is 21.3 Å². The molecule has 0 aliphatic carbocycles. The molecule has 0 fully saturated rings. The van der Waals surface area contributed by atoms with E-state index < -0.39 is 0 Å². The minimum Gasteiger partial charge on any atom is -0.310 e. The lowest BCUT2D eigenvalue weighted by atomic mass is 9.60. The van der Waals surface area contributed by atoms with Crippen LogP contribution in [0.2, 0.25) is 0 Å². The lowest BCUT2D eigenvalue weighted by molar-refractivity contribution is 1.12. The van der Waals surface area contributed by atoms with Crippen molar-refractivity contribution in [2.75, 3.05) is 4.90 Å². The van der Waals surface area contributed by atoms with Crippen molar-refractivity contribution in [3.8, 4) is 11.4 Å². The fraction of sp³-hybridized carbons (Fsp3) is 0. The fourth-order valence-corrected chi connectivity index (χ4v) is 9.16. The first-order valence-electron chi connectivity index (χ1n) is 16.2. The first-order chi connectivity index (χ1) is 23.7. The zero-order valence-corrected chi connectivity index (χ0v) is 26.6. The third-order valence-electron chi connectivity index (χ3n) is 10.0. The van der Waals surface area contributed by atoms with Crippen LogP contribution in [-0.2, 0) is 0 Å². The Bertz CT molecular complexity index is 2780. The molecule has 0 bridgehead atoms. The number of benzene rings is 7. The summed E-state index contributed by atoms with van der Waals surface area (Å²) in [5, 5.41) is 4.87. The summed E-state index contributed by atoms with van der Waals surface area (Å²) in [6, 6.07) is 52.6. The van der Waals surface area contributed by atoms with Crippen LogP contribution in [0.3, 0.4) is 0 Å². The molecule has 6 heteroatoms. The summed E-state index contributed by atoms with van der Waals surface area (Å²) in [4.78, 5) is 4.91.